The molecule has 0 spiro atoms. The van der Waals surface area contributed by atoms with E-state index in [-0.39, 0.29) is 6.04 Å². The summed E-state index contributed by atoms with van der Waals surface area (Å²) in [5.41, 5.74) is 7.69. The molecule has 4 atom stereocenters. The molecule has 0 radical (unpaired) electrons. The molecule has 3 rings (SSSR count). The highest BCUT2D eigenvalue weighted by atomic mass is 16.3. The van der Waals surface area contributed by atoms with Crippen LogP contribution in [0, 0.1) is 11.8 Å². The molecule has 0 aromatic carbocycles. The zero-order chi connectivity index (χ0) is 13.6. The molecule has 5 N–H and O–H groups in total. The lowest BCUT2D eigenvalue weighted by atomic mass is 9.69. The lowest BCUT2D eigenvalue weighted by molar-refractivity contribution is -0.531. The van der Waals surface area contributed by atoms with E-state index in [9.17, 15) is 5.11 Å². The monoisotopic (exact) mass is 264 g/mol. The van der Waals surface area contributed by atoms with Gasteiger partial charge in [0.2, 0.25) is 0 Å². The van der Waals surface area contributed by atoms with Gasteiger partial charge in [-0.15, -0.1) is 0 Å². The molecule has 4 nitrogen and oxygen atoms in total. The van der Waals surface area contributed by atoms with Crippen LogP contribution in [0.2, 0.25) is 0 Å². The number of hydrogen-bond acceptors (Lipinski definition) is 3. The molecule has 3 aliphatic rings. The van der Waals surface area contributed by atoms with Gasteiger partial charge in [-0.05, 0) is 49.5 Å². The van der Waals surface area contributed by atoms with Crippen molar-refractivity contribution in [3.8, 4) is 0 Å². The summed E-state index contributed by atoms with van der Waals surface area (Å²) in [6, 6.07) is 0.0953. The summed E-state index contributed by atoms with van der Waals surface area (Å²) < 4.78 is 0. The van der Waals surface area contributed by atoms with Crippen molar-refractivity contribution in [3.63, 3.8) is 0 Å². The van der Waals surface area contributed by atoms with Crippen molar-refractivity contribution >= 4 is 5.96 Å². The molecule has 106 valence electrons. The Kier molecular flexibility index (Phi) is 3.08. The molecular weight excluding hydrogens is 238 g/mol. The van der Waals surface area contributed by atoms with Gasteiger partial charge in [0, 0.05) is 0 Å². The summed E-state index contributed by atoms with van der Waals surface area (Å²) in [4.78, 5) is 3.24. The van der Waals surface area contributed by atoms with Gasteiger partial charge >= 0.3 is 5.96 Å². The van der Waals surface area contributed by atoms with Crippen molar-refractivity contribution < 1.29 is 10.1 Å². The maximum absolute atomic E-state index is 11.2. The van der Waals surface area contributed by atoms with Crippen LogP contribution in [0.4, 0.5) is 0 Å². The third-order valence-electron chi connectivity index (χ3n) is 5.30. The number of allylic oxidation sites excluding steroid dienone is 1. The Hall–Kier alpha value is -1.03. The first kappa shape index (κ1) is 13.0. The molecule has 0 unspecified atom stereocenters. The van der Waals surface area contributed by atoms with Gasteiger partial charge in [0.1, 0.15) is 11.7 Å². The highest BCUT2D eigenvalue weighted by molar-refractivity contribution is 5.75. The zero-order valence-electron chi connectivity index (χ0n) is 12.0. The molecule has 0 bridgehead atoms. The minimum atomic E-state index is -0.710. The number of nitrogens with two attached hydrogens (primary N) is 1. The normalized spacial score (nSPS) is 40.8. The van der Waals surface area contributed by atoms with E-state index in [4.69, 9.17) is 5.73 Å². The van der Waals surface area contributed by atoms with Crippen LogP contribution in [0.5, 0.6) is 0 Å². The molecular formula is C15H26N3O+. The molecule has 0 aromatic heterocycles. The summed E-state index contributed by atoms with van der Waals surface area (Å²) in [7, 11) is 0. The number of aliphatic hydroxyl groups is 1. The summed E-state index contributed by atoms with van der Waals surface area (Å²) >= 11 is 0. The van der Waals surface area contributed by atoms with Crippen LogP contribution < -0.4 is 16.0 Å². The van der Waals surface area contributed by atoms with Crippen LogP contribution in [-0.4, -0.2) is 22.7 Å². The Balaban J connectivity index is 2.05. The summed E-state index contributed by atoms with van der Waals surface area (Å²) in [5.74, 6) is 1.54. The quantitative estimate of drug-likeness (QED) is 0.579. The van der Waals surface area contributed by atoms with Crippen molar-refractivity contribution in [3.05, 3.63) is 11.3 Å². The van der Waals surface area contributed by atoms with Gasteiger partial charge in [-0.25, -0.2) is 5.32 Å². The first-order valence-corrected chi connectivity index (χ1v) is 7.69. The van der Waals surface area contributed by atoms with E-state index in [1.807, 2.05) is 0 Å². The molecule has 1 aliphatic heterocycles. The van der Waals surface area contributed by atoms with Gasteiger partial charge in [-0.2, -0.15) is 0 Å². The van der Waals surface area contributed by atoms with E-state index < -0.39 is 5.60 Å². The summed E-state index contributed by atoms with van der Waals surface area (Å²) in [6.07, 6.45) is 6.67. The van der Waals surface area contributed by atoms with E-state index in [0.717, 1.165) is 31.4 Å². The zero-order valence-corrected chi connectivity index (χ0v) is 12.0. The summed E-state index contributed by atoms with van der Waals surface area (Å²) in [5, 5.41) is 14.5. The molecule has 1 saturated carbocycles. The highest BCUT2D eigenvalue weighted by Gasteiger charge is 2.59. The second kappa shape index (κ2) is 4.51. The Morgan fingerprint density at radius 1 is 1.47 bits per heavy atom. The van der Waals surface area contributed by atoms with Gasteiger partial charge in [0.05, 0.1) is 0 Å². The number of hydrogen-bond donors (Lipinski definition) is 4. The molecule has 2 aliphatic carbocycles. The number of rotatable bonds is 3. The van der Waals surface area contributed by atoms with Crippen LogP contribution in [0.15, 0.2) is 11.3 Å². The fourth-order valence-electron chi connectivity index (χ4n) is 4.30. The summed E-state index contributed by atoms with van der Waals surface area (Å²) in [6.45, 7) is 4.51. The standard InChI is InChI=1S/C15H25N3O/c1-3-4-5-11-9(2)8-10-6-7-12-15(10,19)13(11)18-14(16)17-12/h9-10,12,19H,3-8H2,1-2H3,(H3,16,17,18)/p+1/t9-,10-,12-,15-/m0/s1. The van der Waals surface area contributed by atoms with Crippen molar-refractivity contribution in [2.45, 2.75) is 64.0 Å². The van der Waals surface area contributed by atoms with Crippen LogP contribution >= 0.6 is 0 Å². The third kappa shape index (κ3) is 1.80. The fourth-order valence-corrected chi connectivity index (χ4v) is 4.30. The fraction of sp³-hybridized carbons (Fsp3) is 0.800. The first-order chi connectivity index (χ1) is 9.07. The predicted molar refractivity (Wildman–Crippen MR) is 75.1 cm³/mol. The van der Waals surface area contributed by atoms with Crippen molar-refractivity contribution in [2.75, 3.05) is 0 Å². The van der Waals surface area contributed by atoms with Gasteiger partial charge < -0.3 is 5.11 Å². The Labute approximate surface area is 115 Å². The molecule has 0 amide bonds. The molecule has 0 saturated heterocycles. The SMILES string of the molecule is CCCCC1=C2NC(N)=[NH+][C@H]3CC[C@@H](C[C@@H]1C)[C@@]23O. The number of guanidine groups is 1. The molecule has 0 aromatic rings. The maximum atomic E-state index is 11.2. The van der Waals surface area contributed by atoms with E-state index in [0.29, 0.717) is 17.8 Å². The maximum Gasteiger partial charge on any atom is 0.346 e. The van der Waals surface area contributed by atoms with Gasteiger partial charge in [0.15, 0.2) is 5.60 Å². The van der Waals surface area contributed by atoms with Crippen molar-refractivity contribution in [2.24, 2.45) is 17.6 Å². The predicted octanol–water partition coefficient (Wildman–Crippen LogP) is -0.0213. The first-order valence-electron chi connectivity index (χ1n) is 7.69. The van der Waals surface area contributed by atoms with Crippen molar-refractivity contribution in [1.29, 1.82) is 0 Å². The topological polar surface area (TPSA) is 72.2 Å². The third-order valence-corrected chi connectivity index (χ3v) is 5.30. The van der Waals surface area contributed by atoms with Crippen molar-refractivity contribution in [1.82, 2.24) is 5.32 Å². The number of unbranched alkanes of at least 4 members (excludes halogenated alkanes) is 1. The second-order valence-electron chi connectivity index (χ2n) is 6.48. The van der Waals surface area contributed by atoms with E-state index in [2.05, 4.69) is 24.2 Å². The average Bonchev–Trinajstić information content (AvgIpc) is 2.67. The Morgan fingerprint density at radius 3 is 3.00 bits per heavy atom. The van der Waals surface area contributed by atoms with Crippen LogP contribution in [0.1, 0.15) is 52.4 Å². The molecule has 1 fully saturated rings. The van der Waals surface area contributed by atoms with Crippen LogP contribution in [0.3, 0.4) is 0 Å². The molecule has 4 heteroatoms. The van der Waals surface area contributed by atoms with Gasteiger partial charge in [-0.1, -0.05) is 20.3 Å². The van der Waals surface area contributed by atoms with E-state index >= 15 is 0 Å². The molecule has 1 heterocycles. The van der Waals surface area contributed by atoms with E-state index in [1.165, 1.54) is 18.4 Å². The average molecular weight is 264 g/mol. The van der Waals surface area contributed by atoms with Crippen LogP contribution in [-0.2, 0) is 0 Å². The lowest BCUT2D eigenvalue weighted by Crippen LogP contribution is -2.92. The minimum absolute atomic E-state index is 0.0953. The number of nitrogens with one attached hydrogen (secondary N) is 2. The molecule has 19 heavy (non-hydrogen) atoms. The van der Waals surface area contributed by atoms with Crippen LogP contribution in [0.25, 0.3) is 0 Å². The Bertz CT molecular complexity index is 443. The lowest BCUT2D eigenvalue weighted by Gasteiger charge is -2.43. The Morgan fingerprint density at radius 2 is 2.26 bits per heavy atom. The largest absolute Gasteiger partial charge is 0.378 e. The minimum Gasteiger partial charge on any atom is -0.378 e. The second-order valence-corrected chi connectivity index (χ2v) is 6.48. The van der Waals surface area contributed by atoms with Gasteiger partial charge in [-0.3, -0.25) is 10.7 Å². The highest BCUT2D eigenvalue weighted by Crippen LogP contribution is 2.49. The van der Waals surface area contributed by atoms with E-state index in [1.54, 1.807) is 0 Å². The van der Waals surface area contributed by atoms with Gasteiger partial charge in [0.25, 0.3) is 0 Å². The smallest absolute Gasteiger partial charge is 0.346 e.